The number of halogens is 2. The first-order chi connectivity index (χ1) is 7.66. The van der Waals surface area contributed by atoms with Crippen LogP contribution in [0, 0.1) is 0 Å². The van der Waals surface area contributed by atoms with Crippen LogP contribution >= 0.6 is 27.5 Å². The van der Waals surface area contributed by atoms with E-state index < -0.39 is 0 Å². The number of aromatic nitrogens is 1. The number of carbonyl (C=O) groups excluding carboxylic acids is 1. The molecule has 0 aliphatic carbocycles. The maximum Gasteiger partial charge on any atom is 0.271 e. The van der Waals surface area contributed by atoms with Crippen molar-refractivity contribution in [3.05, 3.63) is 57.8 Å². The highest BCUT2D eigenvalue weighted by Gasteiger charge is 2.10. The summed E-state index contributed by atoms with van der Waals surface area (Å²) in [6.45, 7) is 0. The Morgan fingerprint density at radius 3 is 2.69 bits per heavy atom. The van der Waals surface area contributed by atoms with E-state index in [1.54, 1.807) is 35.3 Å². The van der Waals surface area contributed by atoms with Gasteiger partial charge in [0.05, 0.1) is 5.56 Å². The molecule has 1 amide bonds. The Morgan fingerprint density at radius 1 is 1.31 bits per heavy atom. The number of amides is 1. The molecule has 3 nitrogen and oxygen atoms in total. The molecule has 2 rings (SSSR count). The highest BCUT2D eigenvalue weighted by atomic mass is 79.9. The number of carbonyl (C=O) groups is 1. The van der Waals surface area contributed by atoms with E-state index in [2.05, 4.69) is 21.4 Å². The molecule has 0 radical (unpaired) electrons. The second-order valence-corrected chi connectivity index (χ2v) is 4.45. The first kappa shape index (κ1) is 11.2. The lowest BCUT2D eigenvalue weighted by Gasteiger charge is -2.07. The van der Waals surface area contributed by atoms with E-state index in [1.807, 2.05) is 12.1 Å². The van der Waals surface area contributed by atoms with Crippen LogP contribution in [-0.2, 0) is 0 Å². The second kappa shape index (κ2) is 4.72. The number of nitrogens with zero attached hydrogens (tertiary/aromatic N) is 1. The lowest BCUT2D eigenvalue weighted by atomic mass is 10.2. The molecule has 82 valence electrons. The van der Waals surface area contributed by atoms with E-state index in [0.29, 0.717) is 15.1 Å². The minimum absolute atomic E-state index is 0.217. The monoisotopic (exact) mass is 298 g/mol. The predicted molar refractivity (Wildman–Crippen MR) is 67.3 cm³/mol. The first-order valence-corrected chi connectivity index (χ1v) is 5.73. The van der Waals surface area contributed by atoms with Crippen molar-refractivity contribution in [1.29, 1.82) is 0 Å². The maximum absolute atomic E-state index is 11.9. The number of benzene rings is 1. The van der Waals surface area contributed by atoms with Crippen LogP contribution in [0.4, 0.5) is 0 Å². The normalized spacial score (nSPS) is 10.1. The van der Waals surface area contributed by atoms with Gasteiger partial charge in [-0.2, -0.15) is 0 Å². The summed E-state index contributed by atoms with van der Waals surface area (Å²) in [7, 11) is 0. The highest BCUT2D eigenvalue weighted by Crippen LogP contribution is 2.21. The molecule has 0 atom stereocenters. The molecule has 0 bridgehead atoms. The van der Waals surface area contributed by atoms with Gasteiger partial charge in [-0.1, -0.05) is 11.6 Å². The van der Waals surface area contributed by atoms with E-state index in [-0.39, 0.29) is 5.91 Å². The van der Waals surface area contributed by atoms with Gasteiger partial charge < -0.3 is 0 Å². The zero-order valence-corrected chi connectivity index (χ0v) is 10.5. The molecule has 1 heterocycles. The van der Waals surface area contributed by atoms with E-state index in [4.69, 9.17) is 11.6 Å². The summed E-state index contributed by atoms with van der Waals surface area (Å²) in [5, 5.41) is 0.529. The van der Waals surface area contributed by atoms with Crippen LogP contribution in [0.3, 0.4) is 0 Å². The Bertz CT molecular complexity index is 511. The van der Waals surface area contributed by atoms with Crippen LogP contribution in [0.15, 0.2) is 47.2 Å². The number of hydrogen-bond acceptors (Lipinski definition) is 1. The van der Waals surface area contributed by atoms with Gasteiger partial charge in [0, 0.05) is 21.9 Å². The van der Waals surface area contributed by atoms with Gasteiger partial charge in [-0.3, -0.25) is 14.9 Å². The van der Waals surface area contributed by atoms with Gasteiger partial charge in [0.25, 0.3) is 5.91 Å². The van der Waals surface area contributed by atoms with Crippen molar-refractivity contribution in [3.8, 4) is 0 Å². The molecule has 0 spiro atoms. The molecule has 5 heteroatoms. The van der Waals surface area contributed by atoms with Crippen molar-refractivity contribution < 1.29 is 4.79 Å². The Labute approximate surface area is 106 Å². The molecule has 1 N–H and O–H groups in total. The maximum atomic E-state index is 11.9. The fraction of sp³-hybridized carbons (Fsp3) is 0. The van der Waals surface area contributed by atoms with Gasteiger partial charge in [0.2, 0.25) is 0 Å². The molecule has 0 aliphatic heterocycles. The van der Waals surface area contributed by atoms with Crippen molar-refractivity contribution in [2.45, 2.75) is 0 Å². The third kappa shape index (κ3) is 2.46. The van der Waals surface area contributed by atoms with E-state index in [0.717, 1.165) is 0 Å². The fourth-order valence-electron chi connectivity index (χ4n) is 1.26. The Hall–Kier alpha value is -1.26. The predicted octanol–water partition coefficient (Wildman–Crippen LogP) is 3.29. The lowest BCUT2D eigenvalue weighted by molar-refractivity contribution is 0.101. The summed E-state index contributed by atoms with van der Waals surface area (Å²) in [5.41, 5.74) is 3.20. The number of nitrogens with one attached hydrogen (secondary N) is 1. The van der Waals surface area contributed by atoms with Crippen LogP contribution in [0.2, 0.25) is 5.02 Å². The Balaban J connectivity index is 2.24. The van der Waals surface area contributed by atoms with Gasteiger partial charge in [-0.15, -0.1) is 0 Å². The minimum atomic E-state index is -0.217. The number of hydrogen-bond donors (Lipinski definition) is 1. The van der Waals surface area contributed by atoms with Crippen LogP contribution in [0.1, 0.15) is 10.4 Å². The van der Waals surface area contributed by atoms with Gasteiger partial charge in [0.15, 0.2) is 0 Å². The minimum Gasteiger partial charge on any atom is -0.268 e. The van der Waals surface area contributed by atoms with Crippen LogP contribution in [0.5, 0.6) is 0 Å². The van der Waals surface area contributed by atoms with Gasteiger partial charge >= 0.3 is 0 Å². The third-order valence-corrected chi connectivity index (χ3v) is 2.93. The lowest BCUT2D eigenvalue weighted by Crippen LogP contribution is -2.21. The van der Waals surface area contributed by atoms with Crippen molar-refractivity contribution in [3.63, 3.8) is 0 Å². The molecular weight excluding hydrogens is 291 g/mol. The van der Waals surface area contributed by atoms with Gasteiger partial charge in [-0.25, -0.2) is 0 Å². The Kier molecular flexibility index (Phi) is 3.31. The average molecular weight is 300 g/mol. The van der Waals surface area contributed by atoms with Crippen molar-refractivity contribution in [2.24, 2.45) is 0 Å². The summed E-state index contributed by atoms with van der Waals surface area (Å²) >= 11 is 9.14. The van der Waals surface area contributed by atoms with Gasteiger partial charge in [-0.05, 0) is 46.3 Å². The van der Waals surface area contributed by atoms with E-state index in [1.165, 1.54) is 0 Å². The third-order valence-electron chi connectivity index (χ3n) is 2.01. The fourth-order valence-corrected chi connectivity index (χ4v) is 1.86. The molecule has 0 aliphatic rings. The molecule has 1 aromatic heterocycles. The molecule has 1 aromatic carbocycles. The Morgan fingerprint density at radius 2 is 2.00 bits per heavy atom. The van der Waals surface area contributed by atoms with Crippen molar-refractivity contribution >= 4 is 33.4 Å². The molecular formula is C11H8BrClN2O. The summed E-state index contributed by atoms with van der Waals surface area (Å²) < 4.78 is 2.29. The van der Waals surface area contributed by atoms with Crippen molar-refractivity contribution in [1.82, 2.24) is 4.68 Å². The van der Waals surface area contributed by atoms with E-state index in [9.17, 15) is 4.79 Å². The van der Waals surface area contributed by atoms with Crippen LogP contribution in [0.25, 0.3) is 0 Å². The smallest absolute Gasteiger partial charge is 0.268 e. The first-order valence-electron chi connectivity index (χ1n) is 4.56. The molecule has 0 saturated heterocycles. The molecule has 0 saturated carbocycles. The highest BCUT2D eigenvalue weighted by molar-refractivity contribution is 9.10. The zero-order valence-electron chi connectivity index (χ0n) is 8.15. The molecule has 16 heavy (non-hydrogen) atoms. The standard InChI is InChI=1S/C11H8BrClN2O/c12-10-4-3-8(13)7-9(10)11(16)14-15-5-1-2-6-15/h1-7H,(H,14,16). The topological polar surface area (TPSA) is 34.0 Å². The summed E-state index contributed by atoms with van der Waals surface area (Å²) in [5.74, 6) is -0.217. The quantitative estimate of drug-likeness (QED) is 0.907. The van der Waals surface area contributed by atoms with Crippen LogP contribution in [-0.4, -0.2) is 10.6 Å². The van der Waals surface area contributed by atoms with Gasteiger partial charge in [0.1, 0.15) is 0 Å². The number of rotatable bonds is 2. The SMILES string of the molecule is O=C(Nn1cccc1)c1cc(Cl)ccc1Br. The summed E-state index contributed by atoms with van der Waals surface area (Å²) in [4.78, 5) is 11.9. The summed E-state index contributed by atoms with van der Waals surface area (Å²) in [6, 6.07) is 8.73. The summed E-state index contributed by atoms with van der Waals surface area (Å²) in [6.07, 6.45) is 3.49. The molecule has 0 fully saturated rings. The largest absolute Gasteiger partial charge is 0.271 e. The van der Waals surface area contributed by atoms with E-state index >= 15 is 0 Å². The molecule has 0 unspecified atom stereocenters. The second-order valence-electron chi connectivity index (χ2n) is 3.16. The van der Waals surface area contributed by atoms with Crippen molar-refractivity contribution in [2.75, 3.05) is 5.43 Å². The zero-order chi connectivity index (χ0) is 11.5. The van der Waals surface area contributed by atoms with Crippen LogP contribution < -0.4 is 5.43 Å². The molecule has 2 aromatic rings. The average Bonchev–Trinajstić information content (AvgIpc) is 2.74.